The van der Waals surface area contributed by atoms with Crippen LogP contribution in [0.3, 0.4) is 0 Å². The second-order valence-corrected chi connectivity index (χ2v) is 8.35. The van der Waals surface area contributed by atoms with Gasteiger partial charge < -0.3 is 9.64 Å². The minimum absolute atomic E-state index is 0.188. The maximum absolute atomic E-state index is 12.1. The summed E-state index contributed by atoms with van der Waals surface area (Å²) in [7, 11) is 0. The van der Waals surface area contributed by atoms with Crippen LogP contribution in [0.2, 0.25) is 5.15 Å². The summed E-state index contributed by atoms with van der Waals surface area (Å²) in [6.07, 6.45) is 2.02. The van der Waals surface area contributed by atoms with E-state index in [1.807, 2.05) is 31.7 Å². The molecule has 3 heterocycles. The smallest absolute Gasteiger partial charge is 0.410 e. The normalized spacial score (nSPS) is 20.8. The number of hydrogen-bond acceptors (Lipinski definition) is 5. The van der Waals surface area contributed by atoms with Crippen LogP contribution in [-0.4, -0.2) is 57.9 Å². The summed E-state index contributed by atoms with van der Waals surface area (Å²) in [6.45, 7) is 10.2. The van der Waals surface area contributed by atoms with Crippen molar-refractivity contribution in [3.8, 4) is 0 Å². The first-order valence-electron chi connectivity index (χ1n) is 8.43. The number of nitrogens with zero attached hydrogens (tertiary/aromatic N) is 4. The molecule has 1 aromatic heterocycles. The molecule has 132 valence electrons. The number of ether oxygens (including phenoxy) is 1. The van der Waals surface area contributed by atoms with E-state index in [1.54, 1.807) is 6.07 Å². The van der Waals surface area contributed by atoms with Gasteiger partial charge in [0.1, 0.15) is 5.60 Å². The number of carbonyl (C=O) groups excluding carboxylic acids is 1. The molecular weight excluding hydrogens is 328 g/mol. The van der Waals surface area contributed by atoms with E-state index in [9.17, 15) is 4.79 Å². The lowest BCUT2D eigenvalue weighted by Crippen LogP contribution is -2.62. The van der Waals surface area contributed by atoms with Gasteiger partial charge in [0.15, 0.2) is 5.15 Å². The number of carbonyl (C=O) groups is 1. The topological polar surface area (TPSA) is 58.6 Å². The lowest BCUT2D eigenvalue weighted by Gasteiger charge is -2.53. The summed E-state index contributed by atoms with van der Waals surface area (Å²) in [5.74, 6) is 0. The predicted octanol–water partition coefficient (Wildman–Crippen LogP) is 2.96. The van der Waals surface area contributed by atoms with Gasteiger partial charge in [0.2, 0.25) is 0 Å². The molecular formula is C17H25ClN4O2. The number of piperidine rings is 1. The number of amides is 1. The predicted molar refractivity (Wildman–Crippen MR) is 91.8 cm³/mol. The van der Waals surface area contributed by atoms with Gasteiger partial charge in [-0.2, -0.15) is 5.10 Å². The van der Waals surface area contributed by atoms with E-state index in [4.69, 9.17) is 16.3 Å². The third-order valence-corrected chi connectivity index (χ3v) is 4.90. The van der Waals surface area contributed by atoms with Crippen LogP contribution >= 0.6 is 11.6 Å². The van der Waals surface area contributed by atoms with Crippen molar-refractivity contribution in [2.45, 2.75) is 45.8 Å². The van der Waals surface area contributed by atoms with E-state index in [0.717, 1.165) is 51.3 Å². The fraction of sp³-hybridized carbons (Fsp3) is 0.706. The molecule has 2 saturated heterocycles. The Morgan fingerprint density at radius 2 is 1.92 bits per heavy atom. The van der Waals surface area contributed by atoms with E-state index in [0.29, 0.717) is 5.15 Å². The molecule has 6 nitrogen and oxygen atoms in total. The van der Waals surface area contributed by atoms with Crippen molar-refractivity contribution in [1.29, 1.82) is 0 Å². The van der Waals surface area contributed by atoms with Crippen LogP contribution in [0.15, 0.2) is 12.1 Å². The zero-order valence-electron chi connectivity index (χ0n) is 14.6. The molecule has 1 spiro atoms. The summed E-state index contributed by atoms with van der Waals surface area (Å²) < 4.78 is 5.44. The van der Waals surface area contributed by atoms with Gasteiger partial charge in [-0.15, -0.1) is 5.10 Å². The van der Waals surface area contributed by atoms with Crippen molar-refractivity contribution in [3.05, 3.63) is 23.0 Å². The number of halogens is 1. The Hall–Kier alpha value is -1.40. The highest BCUT2D eigenvalue weighted by Gasteiger charge is 2.47. The van der Waals surface area contributed by atoms with Crippen molar-refractivity contribution in [2.75, 3.05) is 26.2 Å². The Kier molecular flexibility index (Phi) is 4.71. The van der Waals surface area contributed by atoms with Gasteiger partial charge in [-0.25, -0.2) is 4.79 Å². The van der Waals surface area contributed by atoms with E-state index in [-0.39, 0.29) is 11.5 Å². The first-order chi connectivity index (χ1) is 11.2. The highest BCUT2D eigenvalue weighted by molar-refractivity contribution is 6.29. The van der Waals surface area contributed by atoms with E-state index >= 15 is 0 Å². The average Bonchev–Trinajstić information content (AvgIpc) is 2.46. The van der Waals surface area contributed by atoms with Crippen molar-refractivity contribution in [3.63, 3.8) is 0 Å². The molecule has 2 aliphatic heterocycles. The highest BCUT2D eigenvalue weighted by Crippen LogP contribution is 2.41. The monoisotopic (exact) mass is 352 g/mol. The summed E-state index contributed by atoms with van der Waals surface area (Å²) in [6, 6.07) is 3.70. The molecule has 2 fully saturated rings. The molecule has 0 aliphatic carbocycles. The molecule has 0 aromatic carbocycles. The first-order valence-corrected chi connectivity index (χ1v) is 8.81. The Bertz CT molecular complexity index is 584. The lowest BCUT2D eigenvalue weighted by molar-refractivity contribution is -0.0602. The molecule has 24 heavy (non-hydrogen) atoms. The number of aromatic nitrogens is 2. The van der Waals surface area contributed by atoms with Gasteiger partial charge >= 0.3 is 6.09 Å². The quantitative estimate of drug-likeness (QED) is 0.819. The number of likely N-dealkylation sites (tertiary alicyclic amines) is 2. The fourth-order valence-corrected chi connectivity index (χ4v) is 3.48. The number of rotatable bonds is 2. The average molecular weight is 353 g/mol. The maximum Gasteiger partial charge on any atom is 0.410 e. The second-order valence-electron chi connectivity index (χ2n) is 7.96. The Labute approximate surface area is 148 Å². The molecule has 1 amide bonds. The van der Waals surface area contributed by atoms with E-state index < -0.39 is 5.60 Å². The van der Waals surface area contributed by atoms with Gasteiger partial charge in [0.25, 0.3) is 0 Å². The zero-order chi connectivity index (χ0) is 17.4. The van der Waals surface area contributed by atoms with Crippen molar-refractivity contribution >= 4 is 17.7 Å². The minimum atomic E-state index is -0.428. The van der Waals surface area contributed by atoms with Gasteiger partial charge in [-0.1, -0.05) is 11.6 Å². The van der Waals surface area contributed by atoms with Gasteiger partial charge in [-0.05, 0) is 58.8 Å². The first kappa shape index (κ1) is 17.4. The third-order valence-electron chi connectivity index (χ3n) is 4.69. The molecule has 1 aromatic rings. The van der Waals surface area contributed by atoms with Crippen LogP contribution in [0.4, 0.5) is 4.79 Å². The molecule has 7 heteroatoms. The summed E-state index contributed by atoms with van der Waals surface area (Å²) >= 11 is 5.77. The van der Waals surface area contributed by atoms with Crippen molar-refractivity contribution in [1.82, 2.24) is 20.0 Å². The fourth-order valence-electron chi connectivity index (χ4n) is 3.38. The SMILES string of the molecule is CC(C)(C)OC(=O)N1CC2(CCN(Cc3ccc(Cl)nn3)CC2)C1. The van der Waals surface area contributed by atoms with Gasteiger partial charge in [0, 0.05) is 25.0 Å². The van der Waals surface area contributed by atoms with Crippen molar-refractivity contribution in [2.24, 2.45) is 5.41 Å². The molecule has 2 aliphatic rings. The van der Waals surface area contributed by atoms with Gasteiger partial charge in [-0.3, -0.25) is 4.90 Å². The van der Waals surface area contributed by atoms with Crippen LogP contribution in [0, 0.1) is 5.41 Å². The summed E-state index contributed by atoms with van der Waals surface area (Å²) in [5.41, 5.74) is 0.793. The van der Waals surface area contributed by atoms with E-state index in [2.05, 4.69) is 15.1 Å². The van der Waals surface area contributed by atoms with Crippen LogP contribution in [0.5, 0.6) is 0 Å². The molecule has 0 unspecified atom stereocenters. The second kappa shape index (κ2) is 6.48. The van der Waals surface area contributed by atoms with E-state index in [1.165, 1.54) is 0 Å². The minimum Gasteiger partial charge on any atom is -0.444 e. The highest BCUT2D eigenvalue weighted by atomic mass is 35.5. The van der Waals surface area contributed by atoms with Crippen LogP contribution in [-0.2, 0) is 11.3 Å². The van der Waals surface area contributed by atoms with Crippen molar-refractivity contribution < 1.29 is 9.53 Å². The molecule has 0 radical (unpaired) electrons. The van der Waals surface area contributed by atoms with Crippen LogP contribution < -0.4 is 0 Å². The van der Waals surface area contributed by atoms with Crippen LogP contribution in [0.1, 0.15) is 39.3 Å². The Morgan fingerprint density at radius 3 is 2.46 bits per heavy atom. The molecule has 0 atom stereocenters. The Morgan fingerprint density at radius 1 is 1.25 bits per heavy atom. The van der Waals surface area contributed by atoms with Gasteiger partial charge in [0.05, 0.1) is 5.69 Å². The largest absolute Gasteiger partial charge is 0.444 e. The third kappa shape index (κ3) is 4.16. The summed E-state index contributed by atoms with van der Waals surface area (Å²) in [5, 5.41) is 8.43. The Balaban J connectivity index is 1.45. The van der Waals surface area contributed by atoms with Crippen LogP contribution in [0.25, 0.3) is 0 Å². The molecule has 0 N–H and O–H groups in total. The number of hydrogen-bond donors (Lipinski definition) is 0. The molecule has 0 bridgehead atoms. The standard InChI is InChI=1S/C17H25ClN4O2/c1-16(2,3)24-15(23)22-11-17(12-22)6-8-21(9-7-17)10-13-4-5-14(18)20-19-13/h4-5H,6-12H2,1-3H3. The molecule has 3 rings (SSSR count). The zero-order valence-corrected chi connectivity index (χ0v) is 15.3. The lowest BCUT2D eigenvalue weighted by atomic mass is 9.72. The summed E-state index contributed by atoms with van der Waals surface area (Å²) in [4.78, 5) is 16.3. The molecule has 0 saturated carbocycles. The maximum atomic E-state index is 12.1.